The topological polar surface area (TPSA) is 87.5 Å². The number of amides is 2. The van der Waals surface area contributed by atoms with E-state index in [1.165, 1.54) is 6.08 Å². The molecule has 0 radical (unpaired) electrons. The minimum absolute atomic E-state index is 0.106. The van der Waals surface area contributed by atoms with Crippen LogP contribution in [-0.4, -0.2) is 40.6 Å². The number of imidazole rings is 1. The van der Waals surface area contributed by atoms with Crippen molar-refractivity contribution >= 4 is 45.3 Å². The van der Waals surface area contributed by atoms with Crippen molar-refractivity contribution in [2.24, 2.45) is 0 Å². The molecule has 0 bridgehead atoms. The summed E-state index contributed by atoms with van der Waals surface area (Å²) in [5.74, 6) is -0.581. The highest BCUT2D eigenvalue weighted by atomic mass is 79.9. The van der Waals surface area contributed by atoms with Gasteiger partial charge in [0.2, 0.25) is 11.8 Å². The summed E-state index contributed by atoms with van der Waals surface area (Å²) in [7, 11) is 3.63. The molecular formula is C21H17BrN4O3. The Morgan fingerprint density at radius 1 is 1.03 bits per heavy atom. The lowest BCUT2D eigenvalue weighted by atomic mass is 9.94. The van der Waals surface area contributed by atoms with Crippen LogP contribution in [0.2, 0.25) is 0 Å². The van der Waals surface area contributed by atoms with E-state index in [1.54, 1.807) is 33.7 Å². The van der Waals surface area contributed by atoms with Crippen molar-refractivity contribution in [3.63, 3.8) is 0 Å². The van der Waals surface area contributed by atoms with Gasteiger partial charge >= 0.3 is 0 Å². The zero-order valence-electron chi connectivity index (χ0n) is 15.7. The van der Waals surface area contributed by atoms with E-state index >= 15 is 0 Å². The molecule has 0 saturated carbocycles. The van der Waals surface area contributed by atoms with E-state index in [-0.39, 0.29) is 17.1 Å². The molecule has 2 heterocycles. The maximum Gasteiger partial charge on any atom is 0.258 e. The van der Waals surface area contributed by atoms with Crippen LogP contribution < -0.4 is 10.2 Å². The summed E-state index contributed by atoms with van der Waals surface area (Å²) in [5.41, 5.74) is 2.12. The molecule has 0 unspecified atom stereocenters. The summed E-state index contributed by atoms with van der Waals surface area (Å²) in [6.07, 6.45) is 1.50. The van der Waals surface area contributed by atoms with Crippen molar-refractivity contribution in [2.75, 3.05) is 19.0 Å². The SMILES string of the molecule is CN(C)c1nc(/C=C2/C(=O)NC(=O)c3ccccc32)c(O)n1-c1ccc(Br)cc1. The quantitative estimate of drug-likeness (QED) is 0.470. The van der Waals surface area contributed by atoms with Gasteiger partial charge in [0, 0.05) is 29.7 Å². The lowest BCUT2D eigenvalue weighted by molar-refractivity contribution is -0.114. The van der Waals surface area contributed by atoms with Gasteiger partial charge in [-0.2, -0.15) is 0 Å². The van der Waals surface area contributed by atoms with Gasteiger partial charge in [-0.1, -0.05) is 34.1 Å². The number of carbonyl (C=O) groups is 2. The molecule has 0 saturated heterocycles. The maximum atomic E-state index is 12.5. The molecule has 0 spiro atoms. The fourth-order valence-electron chi connectivity index (χ4n) is 3.20. The van der Waals surface area contributed by atoms with E-state index in [4.69, 9.17) is 0 Å². The van der Waals surface area contributed by atoms with Gasteiger partial charge in [-0.05, 0) is 36.4 Å². The Hall–Kier alpha value is -3.39. The zero-order valence-corrected chi connectivity index (χ0v) is 17.3. The first kappa shape index (κ1) is 18.9. The number of anilines is 1. The Kier molecular flexibility index (Phi) is 4.71. The highest BCUT2D eigenvalue weighted by molar-refractivity contribution is 9.10. The minimum atomic E-state index is -0.530. The fourth-order valence-corrected chi connectivity index (χ4v) is 3.46. The van der Waals surface area contributed by atoms with Gasteiger partial charge in [-0.25, -0.2) is 9.55 Å². The highest BCUT2D eigenvalue weighted by Crippen LogP contribution is 2.33. The van der Waals surface area contributed by atoms with Crippen LogP contribution in [0.15, 0.2) is 53.0 Å². The number of benzene rings is 2. The average Bonchev–Trinajstić information content (AvgIpc) is 3.02. The number of carbonyl (C=O) groups excluding carboxylic acids is 2. The van der Waals surface area contributed by atoms with Gasteiger partial charge in [-0.3, -0.25) is 14.9 Å². The number of hydrogen-bond donors (Lipinski definition) is 2. The summed E-state index contributed by atoms with van der Waals surface area (Å²) >= 11 is 3.40. The molecule has 0 atom stereocenters. The third-order valence-electron chi connectivity index (χ3n) is 4.56. The van der Waals surface area contributed by atoms with Crippen molar-refractivity contribution in [2.45, 2.75) is 0 Å². The standard InChI is InChI=1S/C21H17BrN4O3/c1-25(2)21-23-17(20(29)26(21)13-9-7-12(22)8-10-13)11-16-14-5-3-4-6-15(14)18(27)24-19(16)28/h3-11,29H,1-2H3,(H,24,27,28)/b16-11+. The molecule has 1 aromatic heterocycles. The van der Waals surface area contributed by atoms with E-state index in [2.05, 4.69) is 26.2 Å². The number of halogens is 1. The summed E-state index contributed by atoms with van der Waals surface area (Å²) in [4.78, 5) is 30.8. The van der Waals surface area contributed by atoms with Crippen molar-refractivity contribution in [3.05, 3.63) is 69.8 Å². The van der Waals surface area contributed by atoms with Crippen molar-refractivity contribution in [1.82, 2.24) is 14.9 Å². The Balaban J connectivity index is 1.90. The van der Waals surface area contributed by atoms with E-state index in [9.17, 15) is 14.7 Å². The average molecular weight is 453 g/mol. The van der Waals surface area contributed by atoms with E-state index in [0.29, 0.717) is 17.1 Å². The van der Waals surface area contributed by atoms with Crippen LogP contribution in [0.25, 0.3) is 17.3 Å². The molecule has 0 aliphatic carbocycles. The van der Waals surface area contributed by atoms with Gasteiger partial charge in [0.25, 0.3) is 11.8 Å². The number of imide groups is 1. The van der Waals surface area contributed by atoms with Crippen LogP contribution in [-0.2, 0) is 4.79 Å². The second-order valence-corrected chi connectivity index (χ2v) is 7.63. The smallest absolute Gasteiger partial charge is 0.258 e. The normalized spacial score (nSPS) is 14.7. The maximum absolute atomic E-state index is 12.5. The van der Waals surface area contributed by atoms with Gasteiger partial charge in [0.15, 0.2) is 0 Å². The van der Waals surface area contributed by atoms with E-state index in [0.717, 1.165) is 10.2 Å². The van der Waals surface area contributed by atoms with Crippen LogP contribution in [0.4, 0.5) is 5.95 Å². The van der Waals surface area contributed by atoms with Crippen LogP contribution >= 0.6 is 15.9 Å². The lowest BCUT2D eigenvalue weighted by Gasteiger charge is -2.17. The Bertz CT molecular complexity index is 1160. The number of rotatable bonds is 3. The molecule has 4 rings (SSSR count). The minimum Gasteiger partial charge on any atom is -0.493 e. The predicted octanol–water partition coefficient (Wildman–Crippen LogP) is 3.22. The van der Waals surface area contributed by atoms with Crippen LogP contribution in [0.5, 0.6) is 5.88 Å². The molecule has 2 amide bonds. The fraction of sp³-hybridized carbons (Fsp3) is 0.0952. The molecule has 3 aromatic rings. The van der Waals surface area contributed by atoms with Crippen molar-refractivity contribution in [3.8, 4) is 11.6 Å². The van der Waals surface area contributed by atoms with Gasteiger partial charge < -0.3 is 10.0 Å². The second-order valence-electron chi connectivity index (χ2n) is 6.71. The molecule has 0 fully saturated rings. The van der Waals surface area contributed by atoms with Crippen molar-refractivity contribution < 1.29 is 14.7 Å². The first-order valence-electron chi connectivity index (χ1n) is 8.78. The van der Waals surface area contributed by atoms with Crippen LogP contribution in [0.1, 0.15) is 21.6 Å². The molecule has 2 N–H and O–H groups in total. The molecule has 1 aliphatic heterocycles. The van der Waals surface area contributed by atoms with Crippen LogP contribution in [0.3, 0.4) is 0 Å². The number of fused-ring (bicyclic) bond motifs is 1. The number of hydrogen-bond acceptors (Lipinski definition) is 5. The van der Waals surface area contributed by atoms with E-state index < -0.39 is 11.8 Å². The molecule has 29 heavy (non-hydrogen) atoms. The molecule has 8 heteroatoms. The Morgan fingerprint density at radius 3 is 2.34 bits per heavy atom. The second kappa shape index (κ2) is 7.21. The van der Waals surface area contributed by atoms with Gasteiger partial charge in [-0.15, -0.1) is 0 Å². The molecule has 2 aromatic carbocycles. The summed E-state index contributed by atoms with van der Waals surface area (Å²) in [5, 5.41) is 13.2. The first-order chi connectivity index (χ1) is 13.9. The summed E-state index contributed by atoms with van der Waals surface area (Å²) in [6, 6.07) is 14.3. The summed E-state index contributed by atoms with van der Waals surface area (Å²) in [6.45, 7) is 0. The van der Waals surface area contributed by atoms with Crippen molar-refractivity contribution in [1.29, 1.82) is 0 Å². The monoisotopic (exact) mass is 452 g/mol. The number of aromatic nitrogens is 2. The predicted molar refractivity (Wildman–Crippen MR) is 114 cm³/mol. The van der Waals surface area contributed by atoms with Gasteiger partial charge in [0.1, 0.15) is 5.69 Å². The van der Waals surface area contributed by atoms with Crippen LogP contribution in [0, 0.1) is 0 Å². The molecular weight excluding hydrogens is 436 g/mol. The van der Waals surface area contributed by atoms with Gasteiger partial charge in [0.05, 0.1) is 11.3 Å². The number of aromatic hydroxyl groups is 1. The number of nitrogens with one attached hydrogen (secondary N) is 1. The van der Waals surface area contributed by atoms with E-state index in [1.807, 2.05) is 38.4 Å². The third kappa shape index (κ3) is 3.31. The lowest BCUT2D eigenvalue weighted by Crippen LogP contribution is -2.36. The zero-order chi connectivity index (χ0) is 20.7. The third-order valence-corrected chi connectivity index (χ3v) is 5.09. The highest BCUT2D eigenvalue weighted by Gasteiger charge is 2.28. The Morgan fingerprint density at radius 2 is 1.69 bits per heavy atom. The molecule has 146 valence electrons. The number of nitrogens with zero attached hydrogens (tertiary/aromatic N) is 3. The summed E-state index contributed by atoms with van der Waals surface area (Å²) < 4.78 is 2.51. The largest absolute Gasteiger partial charge is 0.493 e. The molecule has 7 nitrogen and oxygen atoms in total. The molecule has 1 aliphatic rings. The first-order valence-corrected chi connectivity index (χ1v) is 9.58. The Labute approximate surface area is 175 Å².